The Morgan fingerprint density at radius 3 is 2.82 bits per heavy atom. The fourth-order valence-corrected chi connectivity index (χ4v) is 1.61. The molecule has 4 heteroatoms. The molecule has 0 atom stereocenters. The second kappa shape index (κ2) is 4.86. The minimum atomic E-state index is 0.311. The van der Waals surface area contributed by atoms with Crippen molar-refractivity contribution in [3.8, 4) is 17.7 Å². The Bertz CT molecular complexity index is 590. The summed E-state index contributed by atoms with van der Waals surface area (Å²) < 4.78 is 5.51. The van der Waals surface area contributed by atoms with Crippen LogP contribution in [-0.2, 0) is 0 Å². The van der Waals surface area contributed by atoms with Gasteiger partial charge in [0.05, 0.1) is 5.02 Å². The van der Waals surface area contributed by atoms with Gasteiger partial charge < -0.3 is 4.74 Å². The summed E-state index contributed by atoms with van der Waals surface area (Å²) >= 11 is 6.04. The molecule has 0 aliphatic carbocycles. The van der Waals surface area contributed by atoms with Gasteiger partial charge in [-0.25, -0.2) is 4.98 Å². The molecule has 1 heterocycles. The van der Waals surface area contributed by atoms with Crippen molar-refractivity contribution in [1.82, 2.24) is 4.98 Å². The standard InChI is InChI=1S/C13H9ClN2O/c1-9-5-6-12(11(14)7-9)17-13-4-2-3-10(8-15)16-13/h2-7H,1H3. The van der Waals surface area contributed by atoms with E-state index in [1.54, 1.807) is 24.3 Å². The molecule has 0 aliphatic rings. The maximum atomic E-state index is 8.72. The number of hydrogen-bond donors (Lipinski definition) is 0. The molecule has 0 fully saturated rings. The summed E-state index contributed by atoms with van der Waals surface area (Å²) in [4.78, 5) is 4.01. The van der Waals surface area contributed by atoms with Crippen LogP contribution in [0.4, 0.5) is 0 Å². The zero-order valence-electron chi connectivity index (χ0n) is 9.14. The third-order valence-corrected chi connectivity index (χ3v) is 2.44. The Hall–Kier alpha value is -2.05. The molecule has 84 valence electrons. The van der Waals surface area contributed by atoms with Gasteiger partial charge in [-0.15, -0.1) is 0 Å². The first-order valence-corrected chi connectivity index (χ1v) is 5.38. The molecule has 3 nitrogen and oxygen atoms in total. The van der Waals surface area contributed by atoms with Crippen LogP contribution in [0.3, 0.4) is 0 Å². The molecule has 2 aromatic rings. The Morgan fingerprint density at radius 2 is 2.12 bits per heavy atom. The predicted octanol–water partition coefficient (Wildman–Crippen LogP) is 3.71. The highest BCUT2D eigenvalue weighted by molar-refractivity contribution is 6.32. The predicted molar refractivity (Wildman–Crippen MR) is 65.2 cm³/mol. The van der Waals surface area contributed by atoms with Crippen molar-refractivity contribution < 1.29 is 4.74 Å². The van der Waals surface area contributed by atoms with Crippen LogP contribution in [-0.4, -0.2) is 4.98 Å². The van der Waals surface area contributed by atoms with Crippen LogP contribution in [0.1, 0.15) is 11.3 Å². The highest BCUT2D eigenvalue weighted by Crippen LogP contribution is 2.29. The van der Waals surface area contributed by atoms with E-state index >= 15 is 0 Å². The zero-order chi connectivity index (χ0) is 12.3. The van der Waals surface area contributed by atoms with Crippen molar-refractivity contribution in [1.29, 1.82) is 5.26 Å². The number of nitrogens with zero attached hydrogens (tertiary/aromatic N) is 2. The van der Waals surface area contributed by atoms with Crippen LogP contribution in [0.15, 0.2) is 36.4 Å². The molecular weight excluding hydrogens is 236 g/mol. The topological polar surface area (TPSA) is 45.9 Å². The summed E-state index contributed by atoms with van der Waals surface area (Å²) in [5, 5.41) is 9.25. The monoisotopic (exact) mass is 244 g/mol. The van der Waals surface area contributed by atoms with E-state index in [4.69, 9.17) is 21.6 Å². The summed E-state index contributed by atoms with van der Waals surface area (Å²) in [6.07, 6.45) is 0. The molecule has 0 amide bonds. The molecule has 0 unspecified atom stereocenters. The SMILES string of the molecule is Cc1ccc(Oc2cccc(C#N)n2)c(Cl)c1. The maximum absolute atomic E-state index is 8.72. The van der Waals surface area contributed by atoms with Crippen molar-refractivity contribution in [3.63, 3.8) is 0 Å². The van der Waals surface area contributed by atoms with Crippen LogP contribution in [0, 0.1) is 18.3 Å². The molecule has 0 N–H and O–H groups in total. The summed E-state index contributed by atoms with van der Waals surface area (Å²) in [6, 6.07) is 12.4. The third-order valence-electron chi connectivity index (χ3n) is 2.14. The normalized spacial score (nSPS) is 9.71. The van der Waals surface area contributed by atoms with Crippen LogP contribution in [0.5, 0.6) is 11.6 Å². The first-order chi connectivity index (χ1) is 8.19. The summed E-state index contributed by atoms with van der Waals surface area (Å²) in [7, 11) is 0. The highest BCUT2D eigenvalue weighted by Gasteiger charge is 2.04. The lowest BCUT2D eigenvalue weighted by atomic mass is 10.2. The Labute approximate surface area is 104 Å². The molecule has 0 spiro atoms. The largest absolute Gasteiger partial charge is 0.437 e. The van der Waals surface area contributed by atoms with Gasteiger partial charge in [-0.05, 0) is 30.7 Å². The fourth-order valence-electron chi connectivity index (χ4n) is 1.34. The lowest BCUT2D eigenvalue weighted by Crippen LogP contribution is -1.90. The van der Waals surface area contributed by atoms with Crippen LogP contribution in [0.25, 0.3) is 0 Å². The molecule has 0 saturated heterocycles. The Morgan fingerprint density at radius 1 is 1.29 bits per heavy atom. The van der Waals surface area contributed by atoms with E-state index in [1.807, 2.05) is 25.1 Å². The minimum absolute atomic E-state index is 0.311. The van der Waals surface area contributed by atoms with E-state index < -0.39 is 0 Å². The molecule has 0 radical (unpaired) electrons. The van der Waals surface area contributed by atoms with Gasteiger partial charge >= 0.3 is 0 Å². The van der Waals surface area contributed by atoms with E-state index in [9.17, 15) is 0 Å². The van der Waals surface area contributed by atoms with Crippen molar-refractivity contribution >= 4 is 11.6 Å². The van der Waals surface area contributed by atoms with Gasteiger partial charge in [0.25, 0.3) is 0 Å². The van der Waals surface area contributed by atoms with E-state index in [1.165, 1.54) is 0 Å². The van der Waals surface area contributed by atoms with Crippen molar-refractivity contribution in [2.75, 3.05) is 0 Å². The van der Waals surface area contributed by atoms with Crippen LogP contribution >= 0.6 is 11.6 Å². The van der Waals surface area contributed by atoms with Gasteiger partial charge in [0, 0.05) is 6.07 Å². The molecular formula is C13H9ClN2O. The van der Waals surface area contributed by atoms with E-state index in [-0.39, 0.29) is 0 Å². The molecule has 0 aliphatic heterocycles. The van der Waals surface area contributed by atoms with Crippen LogP contribution in [0.2, 0.25) is 5.02 Å². The van der Waals surface area contributed by atoms with Crippen molar-refractivity contribution in [3.05, 3.63) is 52.7 Å². The number of pyridine rings is 1. The first-order valence-electron chi connectivity index (χ1n) is 5.00. The zero-order valence-corrected chi connectivity index (χ0v) is 9.90. The summed E-state index contributed by atoms with van der Waals surface area (Å²) in [6.45, 7) is 1.95. The Balaban J connectivity index is 2.28. The van der Waals surface area contributed by atoms with Gasteiger partial charge in [0.15, 0.2) is 0 Å². The maximum Gasteiger partial charge on any atom is 0.220 e. The molecule has 1 aromatic carbocycles. The number of halogens is 1. The lowest BCUT2D eigenvalue weighted by Gasteiger charge is -2.07. The first kappa shape index (κ1) is 11.4. The number of ether oxygens (including phenoxy) is 1. The van der Waals surface area contributed by atoms with Gasteiger partial charge in [-0.3, -0.25) is 0 Å². The highest BCUT2D eigenvalue weighted by atomic mass is 35.5. The smallest absolute Gasteiger partial charge is 0.220 e. The third kappa shape index (κ3) is 2.74. The second-order valence-corrected chi connectivity index (χ2v) is 3.92. The van der Waals surface area contributed by atoms with Gasteiger partial charge in [0.2, 0.25) is 5.88 Å². The molecule has 1 aromatic heterocycles. The average Bonchev–Trinajstić information content (AvgIpc) is 2.33. The van der Waals surface area contributed by atoms with Crippen LogP contribution < -0.4 is 4.74 Å². The minimum Gasteiger partial charge on any atom is -0.437 e. The fraction of sp³-hybridized carbons (Fsp3) is 0.0769. The number of hydrogen-bond acceptors (Lipinski definition) is 3. The number of aromatic nitrogens is 1. The number of benzene rings is 1. The molecule has 0 bridgehead atoms. The number of nitriles is 1. The summed E-state index contributed by atoms with van der Waals surface area (Å²) in [5.41, 5.74) is 1.37. The van der Waals surface area contributed by atoms with E-state index in [2.05, 4.69) is 4.98 Å². The van der Waals surface area contributed by atoms with Crippen molar-refractivity contribution in [2.24, 2.45) is 0 Å². The number of rotatable bonds is 2. The average molecular weight is 245 g/mol. The quantitative estimate of drug-likeness (QED) is 0.809. The van der Waals surface area contributed by atoms with E-state index in [0.717, 1.165) is 5.56 Å². The van der Waals surface area contributed by atoms with Gasteiger partial charge in [0.1, 0.15) is 17.5 Å². The number of aryl methyl sites for hydroxylation is 1. The lowest BCUT2D eigenvalue weighted by molar-refractivity contribution is 0.462. The molecule has 2 rings (SSSR count). The molecule has 17 heavy (non-hydrogen) atoms. The Kier molecular flexibility index (Phi) is 3.27. The van der Waals surface area contributed by atoms with Crippen molar-refractivity contribution in [2.45, 2.75) is 6.92 Å². The summed E-state index contributed by atoms with van der Waals surface area (Å²) in [5.74, 6) is 0.884. The molecule has 0 saturated carbocycles. The van der Waals surface area contributed by atoms with Gasteiger partial charge in [-0.1, -0.05) is 23.7 Å². The van der Waals surface area contributed by atoms with Gasteiger partial charge in [-0.2, -0.15) is 5.26 Å². The second-order valence-electron chi connectivity index (χ2n) is 3.51. The van der Waals surface area contributed by atoms with E-state index in [0.29, 0.717) is 22.3 Å².